The molecule has 3 aromatic carbocycles. The SMILES string of the molecule is COc1ccc(-c2c(C(F)(F)F)oc3c4c(ccc3c2=O)OCN(CCc2ccccc2Cl)C4)cc1OC. The average Bonchev–Trinajstić information content (AvgIpc) is 2.91. The van der Waals surface area contributed by atoms with Gasteiger partial charge in [0.05, 0.1) is 30.7 Å². The molecule has 4 aromatic rings. The van der Waals surface area contributed by atoms with E-state index in [-0.39, 0.29) is 35.6 Å². The van der Waals surface area contributed by atoms with E-state index in [0.717, 1.165) is 5.56 Å². The zero-order chi connectivity index (χ0) is 27.0. The van der Waals surface area contributed by atoms with Crippen molar-refractivity contribution in [2.45, 2.75) is 19.1 Å². The van der Waals surface area contributed by atoms with Crippen LogP contribution in [0.1, 0.15) is 16.9 Å². The Kier molecular flexibility index (Phi) is 6.98. The summed E-state index contributed by atoms with van der Waals surface area (Å²) in [6, 6.07) is 14.6. The van der Waals surface area contributed by atoms with Gasteiger partial charge in [-0.25, -0.2) is 0 Å². The summed E-state index contributed by atoms with van der Waals surface area (Å²) in [7, 11) is 2.77. The first kappa shape index (κ1) is 25.9. The highest BCUT2D eigenvalue weighted by Crippen LogP contribution is 2.41. The lowest BCUT2D eigenvalue weighted by atomic mass is 9.99. The molecule has 0 fully saturated rings. The Balaban J connectivity index is 1.59. The molecule has 5 rings (SSSR count). The zero-order valence-corrected chi connectivity index (χ0v) is 21.3. The van der Waals surface area contributed by atoms with E-state index in [0.29, 0.717) is 35.1 Å². The lowest BCUT2D eigenvalue weighted by molar-refractivity contribution is -0.152. The number of nitrogens with zero attached hydrogens (tertiary/aromatic N) is 1. The fraction of sp³-hybridized carbons (Fsp3) is 0.250. The quantitative estimate of drug-likeness (QED) is 0.274. The molecule has 1 aliphatic rings. The van der Waals surface area contributed by atoms with Crippen LogP contribution in [0.3, 0.4) is 0 Å². The van der Waals surface area contributed by atoms with Crippen molar-refractivity contribution >= 4 is 22.6 Å². The van der Waals surface area contributed by atoms with Gasteiger partial charge < -0.3 is 18.6 Å². The monoisotopic (exact) mass is 545 g/mol. The number of hydrogen-bond donors (Lipinski definition) is 0. The maximum atomic E-state index is 14.3. The normalized spacial score (nSPS) is 13.7. The lowest BCUT2D eigenvalue weighted by Gasteiger charge is -2.29. The molecule has 198 valence electrons. The van der Waals surface area contributed by atoms with Crippen LogP contribution in [0.25, 0.3) is 22.1 Å². The Morgan fingerprint density at radius 3 is 2.50 bits per heavy atom. The minimum atomic E-state index is -4.93. The topological polar surface area (TPSA) is 61.1 Å². The molecule has 1 aromatic heterocycles. The lowest BCUT2D eigenvalue weighted by Crippen LogP contribution is -2.34. The van der Waals surface area contributed by atoms with E-state index in [4.69, 9.17) is 30.2 Å². The van der Waals surface area contributed by atoms with Gasteiger partial charge >= 0.3 is 6.18 Å². The van der Waals surface area contributed by atoms with E-state index < -0.39 is 22.9 Å². The molecule has 2 heterocycles. The fourth-order valence-electron chi connectivity index (χ4n) is 4.59. The van der Waals surface area contributed by atoms with Crippen molar-refractivity contribution in [1.82, 2.24) is 4.90 Å². The number of methoxy groups -OCH3 is 2. The van der Waals surface area contributed by atoms with Gasteiger partial charge in [0.25, 0.3) is 0 Å². The molecule has 0 radical (unpaired) electrons. The molecule has 0 bridgehead atoms. The summed E-state index contributed by atoms with van der Waals surface area (Å²) in [4.78, 5) is 15.5. The van der Waals surface area contributed by atoms with Crippen LogP contribution in [0.4, 0.5) is 13.2 Å². The number of hydrogen-bond acceptors (Lipinski definition) is 6. The maximum absolute atomic E-state index is 14.3. The van der Waals surface area contributed by atoms with Gasteiger partial charge in [0.2, 0.25) is 11.2 Å². The van der Waals surface area contributed by atoms with E-state index in [1.807, 2.05) is 23.1 Å². The van der Waals surface area contributed by atoms with Gasteiger partial charge in [-0.3, -0.25) is 9.69 Å². The number of halogens is 4. The van der Waals surface area contributed by atoms with Crippen molar-refractivity contribution in [2.75, 3.05) is 27.5 Å². The molecule has 0 unspecified atom stereocenters. The maximum Gasteiger partial charge on any atom is 0.450 e. The van der Waals surface area contributed by atoms with E-state index in [9.17, 15) is 18.0 Å². The molecule has 38 heavy (non-hydrogen) atoms. The van der Waals surface area contributed by atoms with Crippen molar-refractivity contribution in [2.24, 2.45) is 0 Å². The van der Waals surface area contributed by atoms with Crippen molar-refractivity contribution in [3.8, 4) is 28.4 Å². The van der Waals surface area contributed by atoms with Gasteiger partial charge in [-0.15, -0.1) is 0 Å². The van der Waals surface area contributed by atoms with E-state index >= 15 is 0 Å². The summed E-state index contributed by atoms with van der Waals surface area (Å²) in [5, 5.41) is 0.665. The molecule has 0 amide bonds. The number of ether oxygens (including phenoxy) is 3. The third-order valence-electron chi connectivity index (χ3n) is 6.49. The molecule has 6 nitrogen and oxygen atoms in total. The third kappa shape index (κ3) is 4.79. The number of alkyl halides is 3. The van der Waals surface area contributed by atoms with Gasteiger partial charge in [-0.05, 0) is 47.9 Å². The van der Waals surface area contributed by atoms with Crippen LogP contribution >= 0.6 is 11.6 Å². The standard InChI is InChI=1S/C28H23ClF3NO5/c1-35-22-9-7-17(13-23(22)36-2)24-25(34)18-8-10-21-19(26(18)38-27(24)28(30,31)32)14-33(15-37-21)12-11-16-5-3-4-6-20(16)29/h3-10,13H,11-12,14-15H2,1-2H3. The fourth-order valence-corrected chi connectivity index (χ4v) is 4.82. The van der Waals surface area contributed by atoms with Crippen LogP contribution in [0.2, 0.25) is 5.02 Å². The summed E-state index contributed by atoms with van der Waals surface area (Å²) in [5.41, 5.74) is -0.217. The minimum absolute atomic E-state index is 0.000891. The van der Waals surface area contributed by atoms with Crippen molar-refractivity contribution in [3.05, 3.63) is 86.7 Å². The van der Waals surface area contributed by atoms with E-state index in [2.05, 4.69) is 0 Å². The molecule has 0 aliphatic carbocycles. The van der Waals surface area contributed by atoms with Crippen LogP contribution in [-0.4, -0.2) is 32.4 Å². The summed E-state index contributed by atoms with van der Waals surface area (Å²) >= 11 is 6.26. The van der Waals surface area contributed by atoms with Gasteiger partial charge in [0.1, 0.15) is 18.1 Å². The molecule has 0 spiro atoms. The van der Waals surface area contributed by atoms with Gasteiger partial charge in [-0.1, -0.05) is 35.9 Å². The number of rotatable bonds is 6. The summed E-state index contributed by atoms with van der Waals surface area (Å²) in [6.07, 6.45) is -4.32. The van der Waals surface area contributed by atoms with Crippen LogP contribution in [0, 0.1) is 0 Å². The zero-order valence-electron chi connectivity index (χ0n) is 20.5. The second-order valence-corrected chi connectivity index (χ2v) is 9.20. The van der Waals surface area contributed by atoms with Gasteiger partial charge in [-0.2, -0.15) is 13.2 Å². The molecule has 0 atom stereocenters. The number of benzene rings is 3. The van der Waals surface area contributed by atoms with Crippen LogP contribution < -0.4 is 19.6 Å². The first-order valence-corrected chi connectivity index (χ1v) is 12.1. The molecular formula is C28H23ClF3NO5. The first-order valence-electron chi connectivity index (χ1n) is 11.7. The van der Waals surface area contributed by atoms with Crippen molar-refractivity contribution in [1.29, 1.82) is 0 Å². The molecule has 0 saturated heterocycles. The Bertz CT molecular complexity index is 1570. The molecule has 0 N–H and O–H groups in total. The van der Waals surface area contributed by atoms with Crippen LogP contribution in [0.5, 0.6) is 17.2 Å². The van der Waals surface area contributed by atoms with Crippen LogP contribution in [-0.2, 0) is 19.1 Å². The molecule has 0 saturated carbocycles. The Labute approximate surface area is 221 Å². The molecule has 1 aliphatic heterocycles. The molecule has 10 heteroatoms. The van der Waals surface area contributed by atoms with E-state index in [1.165, 1.54) is 38.5 Å². The smallest absolute Gasteiger partial charge is 0.450 e. The summed E-state index contributed by atoms with van der Waals surface area (Å²) < 4.78 is 64.6. The van der Waals surface area contributed by atoms with Gasteiger partial charge in [0, 0.05) is 18.1 Å². The largest absolute Gasteiger partial charge is 0.493 e. The average molecular weight is 546 g/mol. The second-order valence-electron chi connectivity index (χ2n) is 8.79. The summed E-state index contributed by atoms with van der Waals surface area (Å²) in [5.74, 6) is -0.505. The van der Waals surface area contributed by atoms with Gasteiger partial charge in [0.15, 0.2) is 11.5 Å². The third-order valence-corrected chi connectivity index (χ3v) is 6.86. The molecular weight excluding hydrogens is 523 g/mol. The first-order chi connectivity index (χ1) is 18.2. The Morgan fingerprint density at radius 1 is 1.03 bits per heavy atom. The van der Waals surface area contributed by atoms with Crippen molar-refractivity contribution < 1.29 is 31.8 Å². The predicted octanol–water partition coefficient (Wildman–Crippen LogP) is 6.54. The van der Waals surface area contributed by atoms with E-state index in [1.54, 1.807) is 12.1 Å². The Hall–Kier alpha value is -3.69. The second kappa shape index (κ2) is 10.2. The minimum Gasteiger partial charge on any atom is -0.493 e. The predicted molar refractivity (Wildman–Crippen MR) is 137 cm³/mol. The Morgan fingerprint density at radius 2 is 1.79 bits per heavy atom. The van der Waals surface area contributed by atoms with Crippen molar-refractivity contribution in [3.63, 3.8) is 0 Å². The highest BCUT2D eigenvalue weighted by Gasteiger charge is 2.40. The number of fused-ring (bicyclic) bond motifs is 3. The highest BCUT2D eigenvalue weighted by molar-refractivity contribution is 6.31. The highest BCUT2D eigenvalue weighted by atomic mass is 35.5. The van der Waals surface area contributed by atoms with Crippen LogP contribution in [0.15, 0.2) is 63.8 Å². The summed E-state index contributed by atoms with van der Waals surface area (Å²) in [6.45, 7) is 1.02.